The maximum Gasteiger partial charge on any atom is 0.241 e. The molecule has 21 heavy (non-hydrogen) atoms. The Morgan fingerprint density at radius 1 is 1.24 bits per heavy atom. The van der Waals surface area contributed by atoms with Crippen molar-refractivity contribution in [3.63, 3.8) is 0 Å². The fourth-order valence-electron chi connectivity index (χ4n) is 2.35. The first kappa shape index (κ1) is 15.3. The molecule has 1 heterocycles. The van der Waals surface area contributed by atoms with Crippen LogP contribution < -0.4 is 11.1 Å². The molecular formula is C15H21N3O3. The minimum absolute atomic E-state index is 0.00209. The second-order valence-corrected chi connectivity index (χ2v) is 5.28. The number of nitrogens with zero attached hydrogens (tertiary/aromatic N) is 1. The van der Waals surface area contributed by atoms with E-state index in [1.54, 1.807) is 29.2 Å². The Balaban J connectivity index is 1.76. The molecule has 0 aliphatic carbocycles. The maximum atomic E-state index is 11.9. The average Bonchev–Trinajstić information content (AvgIpc) is 3.01. The third kappa shape index (κ3) is 4.46. The number of aromatic hydroxyl groups is 1. The Bertz CT molecular complexity index is 495. The van der Waals surface area contributed by atoms with Crippen molar-refractivity contribution < 1.29 is 14.7 Å². The van der Waals surface area contributed by atoms with E-state index in [4.69, 9.17) is 5.73 Å². The van der Waals surface area contributed by atoms with Crippen LogP contribution in [0.15, 0.2) is 24.3 Å². The molecule has 1 aromatic rings. The minimum atomic E-state index is -0.707. The Morgan fingerprint density at radius 2 is 1.86 bits per heavy atom. The van der Waals surface area contributed by atoms with Crippen LogP contribution in [0.2, 0.25) is 0 Å². The largest absolute Gasteiger partial charge is 0.508 e. The summed E-state index contributed by atoms with van der Waals surface area (Å²) in [6.45, 7) is 1.55. The molecule has 1 fully saturated rings. The quantitative estimate of drug-likeness (QED) is 0.711. The third-order valence-corrected chi connectivity index (χ3v) is 3.60. The lowest BCUT2D eigenvalue weighted by Crippen LogP contribution is -2.46. The van der Waals surface area contributed by atoms with Gasteiger partial charge in [-0.2, -0.15) is 0 Å². The van der Waals surface area contributed by atoms with Crippen molar-refractivity contribution in [3.8, 4) is 5.75 Å². The standard InChI is InChI=1S/C15H21N3O3/c16-13(9-11-3-5-12(19)6-4-11)15(21)17-10-14(20)18-7-1-2-8-18/h3-6,13,19H,1-2,7-10,16H2,(H,17,21)/t13-/m0/s1. The van der Waals surface area contributed by atoms with Crippen LogP contribution in [0, 0.1) is 0 Å². The van der Waals surface area contributed by atoms with Gasteiger partial charge in [0.05, 0.1) is 12.6 Å². The van der Waals surface area contributed by atoms with E-state index in [9.17, 15) is 14.7 Å². The zero-order valence-electron chi connectivity index (χ0n) is 11.9. The summed E-state index contributed by atoms with van der Waals surface area (Å²) in [5.41, 5.74) is 6.69. The van der Waals surface area contributed by atoms with Crippen molar-refractivity contribution in [3.05, 3.63) is 29.8 Å². The number of rotatable bonds is 5. The lowest BCUT2D eigenvalue weighted by atomic mass is 10.1. The summed E-state index contributed by atoms with van der Waals surface area (Å²) < 4.78 is 0. The zero-order valence-corrected chi connectivity index (χ0v) is 11.9. The first-order chi connectivity index (χ1) is 10.1. The molecule has 0 saturated carbocycles. The van der Waals surface area contributed by atoms with Gasteiger partial charge in [0, 0.05) is 13.1 Å². The van der Waals surface area contributed by atoms with Gasteiger partial charge in [0.1, 0.15) is 5.75 Å². The number of likely N-dealkylation sites (tertiary alicyclic amines) is 1. The van der Waals surface area contributed by atoms with Crippen LogP contribution >= 0.6 is 0 Å². The minimum Gasteiger partial charge on any atom is -0.508 e. The van der Waals surface area contributed by atoms with Crippen molar-refractivity contribution in [2.24, 2.45) is 5.73 Å². The number of nitrogens with one attached hydrogen (secondary N) is 1. The second-order valence-electron chi connectivity index (χ2n) is 5.28. The van der Waals surface area contributed by atoms with Crippen molar-refractivity contribution >= 4 is 11.8 Å². The summed E-state index contributed by atoms with van der Waals surface area (Å²) >= 11 is 0. The summed E-state index contributed by atoms with van der Waals surface area (Å²) in [5.74, 6) is -0.221. The molecule has 1 aromatic carbocycles. The Morgan fingerprint density at radius 3 is 2.48 bits per heavy atom. The molecular weight excluding hydrogens is 270 g/mol. The van der Waals surface area contributed by atoms with Crippen LogP contribution in [0.3, 0.4) is 0 Å². The van der Waals surface area contributed by atoms with Gasteiger partial charge < -0.3 is 21.1 Å². The first-order valence-electron chi connectivity index (χ1n) is 7.15. The summed E-state index contributed by atoms with van der Waals surface area (Å²) in [7, 11) is 0. The number of hydrogen-bond donors (Lipinski definition) is 3. The predicted molar refractivity (Wildman–Crippen MR) is 78.6 cm³/mol. The molecule has 2 amide bonds. The van der Waals surface area contributed by atoms with Crippen LogP contribution in [0.25, 0.3) is 0 Å². The number of nitrogens with two attached hydrogens (primary N) is 1. The summed E-state index contributed by atoms with van der Waals surface area (Å²) in [6.07, 6.45) is 2.42. The summed E-state index contributed by atoms with van der Waals surface area (Å²) in [4.78, 5) is 25.4. The highest BCUT2D eigenvalue weighted by atomic mass is 16.3. The molecule has 6 heteroatoms. The SMILES string of the molecule is N[C@@H](Cc1ccc(O)cc1)C(=O)NCC(=O)N1CCCC1. The van der Waals surface area contributed by atoms with E-state index < -0.39 is 6.04 Å². The number of benzene rings is 1. The molecule has 1 aliphatic rings. The molecule has 114 valence electrons. The number of amides is 2. The fourth-order valence-corrected chi connectivity index (χ4v) is 2.35. The van der Waals surface area contributed by atoms with E-state index in [2.05, 4.69) is 5.32 Å². The Kier molecular flexibility index (Phi) is 5.16. The van der Waals surface area contributed by atoms with Crippen LogP contribution in [-0.2, 0) is 16.0 Å². The first-order valence-corrected chi connectivity index (χ1v) is 7.15. The van der Waals surface area contributed by atoms with Crippen molar-refractivity contribution in [2.75, 3.05) is 19.6 Å². The average molecular weight is 291 g/mol. The number of carbonyl (C=O) groups is 2. The highest BCUT2D eigenvalue weighted by Crippen LogP contribution is 2.11. The van der Waals surface area contributed by atoms with E-state index in [1.165, 1.54) is 0 Å². The van der Waals surface area contributed by atoms with E-state index in [-0.39, 0.29) is 24.1 Å². The van der Waals surface area contributed by atoms with Gasteiger partial charge in [-0.05, 0) is 37.0 Å². The van der Waals surface area contributed by atoms with Gasteiger partial charge in [0.2, 0.25) is 11.8 Å². The lowest BCUT2D eigenvalue weighted by molar-refractivity contribution is -0.132. The van der Waals surface area contributed by atoms with E-state index >= 15 is 0 Å². The monoisotopic (exact) mass is 291 g/mol. The summed E-state index contributed by atoms with van der Waals surface area (Å²) in [5, 5.41) is 11.8. The zero-order chi connectivity index (χ0) is 15.2. The van der Waals surface area contributed by atoms with Crippen LogP contribution in [0.5, 0.6) is 5.75 Å². The Hall–Kier alpha value is -2.08. The van der Waals surface area contributed by atoms with Gasteiger partial charge in [0.15, 0.2) is 0 Å². The lowest BCUT2D eigenvalue weighted by Gasteiger charge is -2.17. The maximum absolute atomic E-state index is 11.9. The van der Waals surface area contributed by atoms with Crippen LogP contribution in [0.1, 0.15) is 18.4 Å². The Labute approximate surface area is 123 Å². The van der Waals surface area contributed by atoms with Gasteiger partial charge in [-0.25, -0.2) is 0 Å². The predicted octanol–water partition coefficient (Wildman–Crippen LogP) is 0.000600. The second kappa shape index (κ2) is 7.08. The van der Waals surface area contributed by atoms with Gasteiger partial charge in [-0.15, -0.1) is 0 Å². The molecule has 1 saturated heterocycles. The van der Waals surface area contributed by atoms with Gasteiger partial charge >= 0.3 is 0 Å². The molecule has 1 atom stereocenters. The molecule has 0 spiro atoms. The molecule has 0 unspecified atom stereocenters. The number of carbonyl (C=O) groups excluding carboxylic acids is 2. The van der Waals surface area contributed by atoms with Crippen molar-refractivity contribution in [1.29, 1.82) is 0 Å². The third-order valence-electron chi connectivity index (χ3n) is 3.60. The highest BCUT2D eigenvalue weighted by molar-refractivity contribution is 5.87. The van der Waals surface area contributed by atoms with Crippen LogP contribution in [-0.4, -0.2) is 47.5 Å². The van der Waals surface area contributed by atoms with E-state index in [0.29, 0.717) is 6.42 Å². The smallest absolute Gasteiger partial charge is 0.241 e. The highest BCUT2D eigenvalue weighted by Gasteiger charge is 2.20. The molecule has 0 aromatic heterocycles. The van der Waals surface area contributed by atoms with Crippen molar-refractivity contribution in [1.82, 2.24) is 10.2 Å². The number of hydrogen-bond acceptors (Lipinski definition) is 4. The molecule has 4 N–H and O–H groups in total. The van der Waals surface area contributed by atoms with Gasteiger partial charge in [0.25, 0.3) is 0 Å². The molecule has 0 radical (unpaired) electrons. The van der Waals surface area contributed by atoms with E-state index in [0.717, 1.165) is 31.5 Å². The molecule has 1 aliphatic heterocycles. The fraction of sp³-hybridized carbons (Fsp3) is 0.467. The van der Waals surface area contributed by atoms with Gasteiger partial charge in [-0.3, -0.25) is 9.59 Å². The van der Waals surface area contributed by atoms with Crippen LogP contribution in [0.4, 0.5) is 0 Å². The number of phenolic OH excluding ortho intramolecular Hbond substituents is 1. The number of phenols is 1. The topological polar surface area (TPSA) is 95.7 Å². The van der Waals surface area contributed by atoms with Gasteiger partial charge in [-0.1, -0.05) is 12.1 Å². The van der Waals surface area contributed by atoms with E-state index in [1.807, 2.05) is 0 Å². The molecule has 2 rings (SSSR count). The molecule has 0 bridgehead atoms. The molecule has 6 nitrogen and oxygen atoms in total. The normalized spacial score (nSPS) is 15.8. The van der Waals surface area contributed by atoms with Crippen molar-refractivity contribution in [2.45, 2.75) is 25.3 Å². The summed E-state index contributed by atoms with van der Waals surface area (Å²) in [6, 6.07) is 5.84.